The van der Waals surface area contributed by atoms with E-state index in [0.717, 1.165) is 33.2 Å². The zero-order valence-corrected chi connectivity index (χ0v) is 11.5. The van der Waals surface area contributed by atoms with Crippen molar-refractivity contribution in [2.75, 3.05) is 20.1 Å². The molecule has 1 fully saturated rings. The minimum Gasteiger partial charge on any atom is -0.326 e. The van der Waals surface area contributed by atoms with Gasteiger partial charge in [-0.1, -0.05) is 11.6 Å². The fourth-order valence-electron chi connectivity index (χ4n) is 2.07. The maximum absolute atomic E-state index is 11.8. The van der Waals surface area contributed by atoms with E-state index in [0.29, 0.717) is 6.54 Å². The molecule has 94 valence electrons. The molecule has 0 aromatic carbocycles. The normalized spacial score (nSPS) is 16.0. The van der Waals surface area contributed by atoms with E-state index in [1.807, 2.05) is 18.0 Å². The number of hydrogen-bond donors (Lipinski definition) is 0. The second-order valence-corrected chi connectivity index (χ2v) is 5.89. The lowest BCUT2D eigenvalue weighted by molar-refractivity contribution is 0.197. The molecular weight excluding hydrogens is 270 g/mol. The van der Waals surface area contributed by atoms with Gasteiger partial charge >= 0.3 is 6.03 Å². The van der Waals surface area contributed by atoms with Gasteiger partial charge in [0.05, 0.1) is 21.8 Å². The van der Waals surface area contributed by atoms with Crippen LogP contribution in [0.3, 0.4) is 0 Å². The third-order valence-corrected chi connectivity index (χ3v) is 4.63. The highest BCUT2D eigenvalue weighted by Crippen LogP contribution is 2.31. The van der Waals surface area contributed by atoms with Crippen LogP contribution in [0.25, 0.3) is 10.2 Å². The molecule has 0 atom stereocenters. The van der Waals surface area contributed by atoms with Crippen molar-refractivity contribution >= 4 is 39.2 Å². The van der Waals surface area contributed by atoms with Crippen molar-refractivity contribution in [2.24, 2.45) is 0 Å². The smallest absolute Gasteiger partial charge is 0.320 e. The fraction of sp³-hybridized carbons (Fsp3) is 0.333. The van der Waals surface area contributed by atoms with E-state index >= 15 is 0 Å². The quantitative estimate of drug-likeness (QED) is 0.849. The molecular formula is C12H12ClN3OS. The van der Waals surface area contributed by atoms with Crippen LogP contribution in [-0.4, -0.2) is 41.0 Å². The van der Waals surface area contributed by atoms with Crippen LogP contribution in [0.4, 0.5) is 4.79 Å². The molecule has 0 radical (unpaired) electrons. The van der Waals surface area contributed by atoms with E-state index in [4.69, 9.17) is 11.6 Å². The fourth-order valence-corrected chi connectivity index (χ4v) is 3.38. The molecule has 1 saturated heterocycles. The second-order valence-electron chi connectivity index (χ2n) is 4.35. The van der Waals surface area contributed by atoms with Gasteiger partial charge in [-0.15, -0.1) is 11.3 Å². The monoisotopic (exact) mass is 281 g/mol. The molecule has 0 N–H and O–H groups in total. The largest absolute Gasteiger partial charge is 0.326 e. The lowest BCUT2D eigenvalue weighted by Gasteiger charge is -2.14. The van der Waals surface area contributed by atoms with E-state index in [1.54, 1.807) is 28.5 Å². The van der Waals surface area contributed by atoms with Crippen LogP contribution in [0.5, 0.6) is 0 Å². The van der Waals surface area contributed by atoms with Gasteiger partial charge in [-0.05, 0) is 12.1 Å². The van der Waals surface area contributed by atoms with Crippen LogP contribution < -0.4 is 0 Å². The SMILES string of the molecule is CN1CCN(Cc2cc3nccc(Cl)c3s2)C1=O. The number of likely N-dealkylation sites (N-methyl/N-ethyl adjacent to an activating group) is 1. The zero-order chi connectivity index (χ0) is 12.7. The number of hydrogen-bond acceptors (Lipinski definition) is 3. The van der Waals surface area contributed by atoms with Crippen molar-refractivity contribution in [3.05, 3.63) is 28.2 Å². The summed E-state index contributed by atoms with van der Waals surface area (Å²) < 4.78 is 0.995. The lowest BCUT2D eigenvalue weighted by atomic mass is 10.3. The van der Waals surface area contributed by atoms with Crippen LogP contribution in [0.1, 0.15) is 4.88 Å². The Bertz CT molecular complexity index is 612. The van der Waals surface area contributed by atoms with E-state index < -0.39 is 0 Å². The van der Waals surface area contributed by atoms with Gasteiger partial charge in [0.1, 0.15) is 0 Å². The summed E-state index contributed by atoms with van der Waals surface area (Å²) in [4.78, 5) is 20.8. The number of carbonyl (C=O) groups is 1. The first kappa shape index (κ1) is 11.7. The van der Waals surface area contributed by atoms with Gasteiger partial charge in [0, 0.05) is 31.2 Å². The number of aromatic nitrogens is 1. The van der Waals surface area contributed by atoms with E-state index in [-0.39, 0.29) is 6.03 Å². The Morgan fingerprint density at radius 1 is 1.50 bits per heavy atom. The average Bonchev–Trinajstić information content (AvgIpc) is 2.89. The third-order valence-electron chi connectivity index (χ3n) is 3.06. The van der Waals surface area contributed by atoms with Crippen LogP contribution in [-0.2, 0) is 6.54 Å². The molecule has 3 rings (SSSR count). The maximum Gasteiger partial charge on any atom is 0.320 e. The first-order valence-electron chi connectivity index (χ1n) is 5.68. The van der Waals surface area contributed by atoms with Gasteiger partial charge in [0.2, 0.25) is 0 Å². The Morgan fingerprint density at radius 2 is 2.33 bits per heavy atom. The van der Waals surface area contributed by atoms with Crippen molar-refractivity contribution in [1.82, 2.24) is 14.8 Å². The molecule has 0 bridgehead atoms. The van der Waals surface area contributed by atoms with Crippen LogP contribution in [0, 0.1) is 0 Å². The summed E-state index contributed by atoms with van der Waals surface area (Å²) in [5, 5.41) is 0.723. The molecule has 6 heteroatoms. The Hall–Kier alpha value is -1.33. The number of carbonyl (C=O) groups excluding carboxylic acids is 1. The number of amides is 2. The third kappa shape index (κ3) is 1.93. The van der Waals surface area contributed by atoms with Crippen molar-refractivity contribution in [3.63, 3.8) is 0 Å². The Kier molecular flexibility index (Phi) is 2.87. The second kappa shape index (κ2) is 4.40. The lowest BCUT2D eigenvalue weighted by Crippen LogP contribution is -2.28. The number of urea groups is 1. The van der Waals surface area contributed by atoms with Crippen LogP contribution in [0.2, 0.25) is 5.02 Å². The van der Waals surface area contributed by atoms with E-state index in [9.17, 15) is 4.79 Å². The summed E-state index contributed by atoms with van der Waals surface area (Å²) in [6.07, 6.45) is 1.70. The van der Waals surface area contributed by atoms with Crippen molar-refractivity contribution < 1.29 is 4.79 Å². The average molecular weight is 282 g/mol. The molecule has 2 aromatic heterocycles. The van der Waals surface area contributed by atoms with Gasteiger partial charge in [0.15, 0.2) is 0 Å². The molecule has 2 amide bonds. The first-order valence-corrected chi connectivity index (χ1v) is 6.87. The predicted octanol–water partition coefficient (Wildman–Crippen LogP) is 2.82. The highest BCUT2D eigenvalue weighted by Gasteiger charge is 2.25. The number of halogens is 1. The van der Waals surface area contributed by atoms with Gasteiger partial charge in [-0.2, -0.15) is 0 Å². The summed E-state index contributed by atoms with van der Waals surface area (Å²) in [5.41, 5.74) is 0.905. The molecule has 1 aliphatic heterocycles. The van der Waals surface area contributed by atoms with E-state index in [1.165, 1.54) is 0 Å². The summed E-state index contributed by atoms with van der Waals surface area (Å²) in [6, 6.07) is 3.89. The van der Waals surface area contributed by atoms with Gasteiger partial charge in [-0.3, -0.25) is 4.98 Å². The van der Waals surface area contributed by atoms with Crippen molar-refractivity contribution in [1.29, 1.82) is 0 Å². The predicted molar refractivity (Wildman–Crippen MR) is 73.1 cm³/mol. The van der Waals surface area contributed by atoms with Gasteiger partial charge < -0.3 is 9.80 Å². The molecule has 3 heterocycles. The summed E-state index contributed by atoms with van der Waals surface area (Å²) >= 11 is 7.73. The topological polar surface area (TPSA) is 36.4 Å². The van der Waals surface area contributed by atoms with E-state index in [2.05, 4.69) is 4.98 Å². The number of pyridine rings is 1. The Balaban J connectivity index is 1.87. The molecule has 4 nitrogen and oxygen atoms in total. The molecule has 0 saturated carbocycles. The summed E-state index contributed by atoms with van der Waals surface area (Å²) in [7, 11) is 1.83. The minimum atomic E-state index is 0.0894. The Labute approximate surface area is 114 Å². The van der Waals surface area contributed by atoms with Crippen LogP contribution in [0.15, 0.2) is 18.3 Å². The van der Waals surface area contributed by atoms with Gasteiger partial charge in [0.25, 0.3) is 0 Å². The molecule has 18 heavy (non-hydrogen) atoms. The molecule has 1 aliphatic rings. The highest BCUT2D eigenvalue weighted by atomic mass is 35.5. The molecule has 0 unspecified atom stereocenters. The minimum absolute atomic E-state index is 0.0894. The molecule has 0 aliphatic carbocycles. The number of nitrogens with zero attached hydrogens (tertiary/aromatic N) is 3. The highest BCUT2D eigenvalue weighted by molar-refractivity contribution is 7.19. The maximum atomic E-state index is 11.8. The van der Waals surface area contributed by atoms with Crippen molar-refractivity contribution in [2.45, 2.75) is 6.54 Å². The zero-order valence-electron chi connectivity index (χ0n) is 9.89. The molecule has 0 spiro atoms. The summed E-state index contributed by atoms with van der Waals surface area (Å²) in [5.74, 6) is 0. The first-order chi connectivity index (χ1) is 8.65. The Morgan fingerprint density at radius 3 is 3.00 bits per heavy atom. The van der Waals surface area contributed by atoms with Crippen LogP contribution >= 0.6 is 22.9 Å². The van der Waals surface area contributed by atoms with Crippen molar-refractivity contribution in [3.8, 4) is 0 Å². The number of rotatable bonds is 2. The number of thiophene rings is 1. The number of fused-ring (bicyclic) bond motifs is 1. The standard InChI is InChI=1S/C12H12ClN3OS/c1-15-4-5-16(12(15)17)7-8-6-10-11(18-8)9(13)2-3-14-10/h2-3,6H,4-5,7H2,1H3. The van der Waals surface area contributed by atoms with Gasteiger partial charge in [-0.25, -0.2) is 4.79 Å². The molecule has 2 aromatic rings. The summed E-state index contributed by atoms with van der Waals surface area (Å²) in [6.45, 7) is 2.22.